The van der Waals surface area contributed by atoms with Crippen LogP contribution in [0.15, 0.2) is 36.5 Å². The first-order valence-electron chi connectivity index (χ1n) is 11.6. The van der Waals surface area contributed by atoms with Gasteiger partial charge in [0.25, 0.3) is 5.91 Å². The van der Waals surface area contributed by atoms with Crippen molar-refractivity contribution in [3.63, 3.8) is 0 Å². The van der Waals surface area contributed by atoms with Crippen LogP contribution in [0.25, 0.3) is 0 Å². The Morgan fingerprint density at radius 3 is 2.67 bits per heavy atom. The number of carboxylic acids is 1. The Labute approximate surface area is 218 Å². The van der Waals surface area contributed by atoms with Crippen LogP contribution in [0.5, 0.6) is 0 Å². The highest BCUT2D eigenvalue weighted by molar-refractivity contribution is 6.34. The SMILES string of the molecule is CN(C(=O)c1cnn(CCc2ccc3c(n2)NCCC3)c1CO)C(CC(=O)O)c1cc(Cl)cc(Cl)c1. The minimum atomic E-state index is -1.08. The fourth-order valence-corrected chi connectivity index (χ4v) is 4.96. The van der Waals surface area contributed by atoms with Crippen LogP contribution < -0.4 is 5.32 Å². The monoisotopic (exact) mass is 531 g/mol. The molecule has 11 heteroatoms. The van der Waals surface area contributed by atoms with Crippen molar-refractivity contribution >= 4 is 40.9 Å². The van der Waals surface area contributed by atoms with Crippen LogP contribution in [0.1, 0.15) is 51.8 Å². The highest BCUT2D eigenvalue weighted by atomic mass is 35.5. The first-order chi connectivity index (χ1) is 17.3. The lowest BCUT2D eigenvalue weighted by molar-refractivity contribution is -0.138. The molecule has 190 valence electrons. The lowest BCUT2D eigenvalue weighted by Crippen LogP contribution is -2.33. The molecule has 3 heterocycles. The van der Waals surface area contributed by atoms with Gasteiger partial charge in [0, 0.05) is 42.3 Å². The largest absolute Gasteiger partial charge is 0.481 e. The van der Waals surface area contributed by atoms with Gasteiger partial charge in [0.15, 0.2) is 0 Å². The van der Waals surface area contributed by atoms with Crippen LogP contribution in [-0.2, 0) is 30.8 Å². The number of carbonyl (C=O) groups is 2. The molecule has 36 heavy (non-hydrogen) atoms. The van der Waals surface area contributed by atoms with E-state index in [2.05, 4.69) is 21.5 Å². The minimum absolute atomic E-state index is 0.198. The van der Waals surface area contributed by atoms with E-state index < -0.39 is 24.5 Å². The van der Waals surface area contributed by atoms with Crippen LogP contribution in [0.2, 0.25) is 10.0 Å². The third-order valence-corrected chi connectivity index (χ3v) is 6.72. The summed E-state index contributed by atoms with van der Waals surface area (Å²) in [5.74, 6) is -0.644. The van der Waals surface area contributed by atoms with Gasteiger partial charge in [-0.05, 0) is 48.2 Å². The maximum Gasteiger partial charge on any atom is 0.305 e. The van der Waals surface area contributed by atoms with E-state index in [4.69, 9.17) is 23.2 Å². The van der Waals surface area contributed by atoms with Crippen LogP contribution in [0, 0.1) is 0 Å². The Morgan fingerprint density at radius 1 is 1.22 bits per heavy atom. The molecule has 0 fully saturated rings. The molecule has 1 unspecified atom stereocenters. The maximum absolute atomic E-state index is 13.4. The van der Waals surface area contributed by atoms with Gasteiger partial charge in [0.05, 0.1) is 36.5 Å². The summed E-state index contributed by atoms with van der Waals surface area (Å²) < 4.78 is 1.58. The van der Waals surface area contributed by atoms with E-state index in [0.29, 0.717) is 34.3 Å². The number of aryl methyl sites for hydroxylation is 3. The van der Waals surface area contributed by atoms with E-state index in [9.17, 15) is 19.8 Å². The number of aliphatic hydroxyl groups is 1. The van der Waals surface area contributed by atoms with E-state index in [0.717, 1.165) is 30.9 Å². The molecule has 3 N–H and O–H groups in total. The number of rotatable bonds is 9. The number of hydrogen-bond acceptors (Lipinski definition) is 6. The Balaban J connectivity index is 1.54. The van der Waals surface area contributed by atoms with E-state index in [-0.39, 0.29) is 12.0 Å². The number of nitrogens with one attached hydrogen (secondary N) is 1. The zero-order valence-corrected chi connectivity index (χ0v) is 21.3. The van der Waals surface area contributed by atoms with Crippen LogP contribution in [0.4, 0.5) is 5.82 Å². The average molecular weight is 532 g/mol. The summed E-state index contributed by atoms with van der Waals surface area (Å²) in [6.45, 7) is 0.919. The second kappa shape index (κ2) is 11.3. The van der Waals surface area contributed by atoms with Gasteiger partial charge in [-0.2, -0.15) is 5.10 Å². The molecule has 0 radical (unpaired) electrons. The second-order valence-electron chi connectivity index (χ2n) is 8.71. The Bertz CT molecular complexity index is 1260. The summed E-state index contributed by atoms with van der Waals surface area (Å²) in [4.78, 5) is 31.0. The molecule has 2 aromatic heterocycles. The number of aliphatic hydroxyl groups excluding tert-OH is 1. The number of nitrogens with zero attached hydrogens (tertiary/aromatic N) is 4. The molecule has 9 nitrogen and oxygen atoms in total. The summed E-state index contributed by atoms with van der Waals surface area (Å²) in [6.07, 6.45) is 3.71. The van der Waals surface area contributed by atoms with Gasteiger partial charge >= 0.3 is 5.97 Å². The number of carbonyl (C=O) groups excluding carboxylic acids is 1. The first-order valence-corrected chi connectivity index (χ1v) is 12.4. The Kier molecular flexibility index (Phi) is 8.13. The Morgan fingerprint density at radius 2 is 1.97 bits per heavy atom. The Hall–Kier alpha value is -3.14. The molecule has 1 aliphatic heterocycles. The normalized spacial score (nSPS) is 13.6. The lowest BCUT2D eigenvalue weighted by atomic mass is 10.0. The quantitative estimate of drug-likeness (QED) is 0.382. The number of aliphatic carboxylic acids is 1. The van der Waals surface area contributed by atoms with Crippen molar-refractivity contribution in [1.82, 2.24) is 19.7 Å². The van der Waals surface area contributed by atoms with Crippen LogP contribution in [-0.4, -0.2) is 55.3 Å². The van der Waals surface area contributed by atoms with Gasteiger partial charge in [-0.25, -0.2) is 4.98 Å². The molecule has 0 bridgehead atoms. The zero-order chi connectivity index (χ0) is 25.8. The maximum atomic E-state index is 13.4. The highest BCUT2D eigenvalue weighted by Gasteiger charge is 2.28. The molecular weight excluding hydrogens is 505 g/mol. The van der Waals surface area contributed by atoms with Crippen molar-refractivity contribution in [2.75, 3.05) is 18.9 Å². The van der Waals surface area contributed by atoms with Crippen molar-refractivity contribution in [2.45, 2.75) is 44.9 Å². The molecule has 3 aromatic rings. The standard InChI is InChI=1S/C25H27Cl2N5O4/c1-31(21(12-23(34)35)16-9-17(26)11-18(27)10-16)25(36)20-13-29-32(22(20)14-33)8-6-19-5-4-15-3-2-7-28-24(15)30-19/h4-5,9-11,13,21,33H,2-3,6-8,12,14H2,1H3,(H,28,30)(H,34,35). The third-order valence-electron chi connectivity index (χ3n) is 6.29. The molecule has 1 amide bonds. The molecule has 0 spiro atoms. The summed E-state index contributed by atoms with van der Waals surface area (Å²) >= 11 is 12.2. The molecule has 0 saturated heterocycles. The summed E-state index contributed by atoms with van der Waals surface area (Å²) in [7, 11) is 1.51. The van der Waals surface area contributed by atoms with E-state index >= 15 is 0 Å². The van der Waals surface area contributed by atoms with Crippen LogP contribution in [0.3, 0.4) is 0 Å². The molecule has 0 aliphatic carbocycles. The van der Waals surface area contributed by atoms with E-state index in [1.165, 1.54) is 29.8 Å². The number of benzene rings is 1. The van der Waals surface area contributed by atoms with Crippen molar-refractivity contribution < 1.29 is 19.8 Å². The van der Waals surface area contributed by atoms with E-state index in [1.54, 1.807) is 16.8 Å². The zero-order valence-electron chi connectivity index (χ0n) is 19.7. The molecule has 1 aliphatic rings. The lowest BCUT2D eigenvalue weighted by Gasteiger charge is -2.28. The fraction of sp³-hybridized carbons (Fsp3) is 0.360. The molecule has 1 aromatic carbocycles. The smallest absolute Gasteiger partial charge is 0.305 e. The van der Waals surface area contributed by atoms with Crippen molar-refractivity contribution in [3.05, 3.63) is 74.7 Å². The number of halogens is 2. The number of fused-ring (bicyclic) bond motifs is 1. The third kappa shape index (κ3) is 5.80. The van der Waals surface area contributed by atoms with Crippen LogP contribution >= 0.6 is 23.2 Å². The minimum Gasteiger partial charge on any atom is -0.481 e. The van der Waals surface area contributed by atoms with Crippen molar-refractivity contribution in [1.29, 1.82) is 0 Å². The number of aromatic nitrogens is 3. The van der Waals surface area contributed by atoms with Gasteiger partial charge in [-0.15, -0.1) is 0 Å². The molecule has 0 saturated carbocycles. The van der Waals surface area contributed by atoms with Crippen molar-refractivity contribution in [3.8, 4) is 0 Å². The highest BCUT2D eigenvalue weighted by Crippen LogP contribution is 2.30. The summed E-state index contributed by atoms with van der Waals surface area (Å²) in [6, 6.07) is 7.94. The molecular formula is C25H27Cl2N5O4. The number of pyridine rings is 1. The molecule has 4 rings (SSSR count). The second-order valence-corrected chi connectivity index (χ2v) is 9.58. The van der Waals surface area contributed by atoms with Gasteiger partial charge in [0.1, 0.15) is 5.82 Å². The van der Waals surface area contributed by atoms with Crippen molar-refractivity contribution in [2.24, 2.45) is 0 Å². The van der Waals surface area contributed by atoms with Gasteiger partial charge < -0.3 is 20.4 Å². The summed E-state index contributed by atoms with van der Waals surface area (Å²) in [5, 5.41) is 27.8. The number of anilines is 1. The number of hydrogen-bond donors (Lipinski definition) is 3. The number of amides is 1. The average Bonchev–Trinajstić information content (AvgIpc) is 3.27. The fourth-order valence-electron chi connectivity index (χ4n) is 4.42. The number of carboxylic acid groups (broad SMARTS) is 1. The summed E-state index contributed by atoms with van der Waals surface area (Å²) in [5.41, 5.74) is 3.13. The molecule has 1 atom stereocenters. The van der Waals surface area contributed by atoms with E-state index in [1.807, 2.05) is 6.07 Å². The first kappa shape index (κ1) is 25.9. The predicted octanol–water partition coefficient (Wildman–Crippen LogP) is 3.97. The topological polar surface area (TPSA) is 121 Å². The predicted molar refractivity (Wildman–Crippen MR) is 136 cm³/mol. The van der Waals surface area contributed by atoms with Gasteiger partial charge in [-0.3, -0.25) is 14.3 Å². The van der Waals surface area contributed by atoms with Gasteiger partial charge in [0.2, 0.25) is 0 Å². The van der Waals surface area contributed by atoms with Gasteiger partial charge in [-0.1, -0.05) is 29.3 Å².